The summed E-state index contributed by atoms with van der Waals surface area (Å²) in [6.45, 7) is 4.72. The summed E-state index contributed by atoms with van der Waals surface area (Å²) >= 11 is 0. The lowest BCUT2D eigenvalue weighted by atomic mass is 10.1. The minimum absolute atomic E-state index is 0. The summed E-state index contributed by atoms with van der Waals surface area (Å²) in [7, 11) is 0. The normalized spacial score (nSPS) is 38.1. The molecule has 2 aliphatic rings. The average molecular weight is 203 g/mol. The Hall–Kier alpha value is -0.135. The van der Waals surface area contributed by atoms with Crippen molar-refractivity contribution in [3.8, 4) is 0 Å². The van der Waals surface area contributed by atoms with E-state index in [1.165, 1.54) is 0 Å². The summed E-state index contributed by atoms with van der Waals surface area (Å²) in [4.78, 5) is 0. The van der Waals surface area contributed by atoms with Crippen molar-refractivity contribution in [1.82, 2.24) is 5.32 Å². The van der Waals surface area contributed by atoms with Crippen LogP contribution in [0.2, 0.25) is 0 Å². The van der Waals surface area contributed by atoms with Crippen LogP contribution in [0.4, 0.5) is 0 Å². The van der Waals surface area contributed by atoms with Crippen molar-refractivity contribution in [2.24, 2.45) is 0 Å². The van der Waals surface area contributed by atoms with Crippen LogP contribution in [0.15, 0.2) is 0 Å². The first-order valence-electron chi connectivity index (χ1n) is 5.19. The van der Waals surface area contributed by atoms with Gasteiger partial charge in [-0.15, -0.1) is 0 Å². The highest BCUT2D eigenvalue weighted by Gasteiger charge is 2.43. The summed E-state index contributed by atoms with van der Waals surface area (Å²) in [6.07, 6.45) is 0.0600. The van der Waals surface area contributed by atoms with E-state index in [0.29, 0.717) is 13.2 Å². The first-order chi connectivity index (χ1) is 6.72. The second-order valence-electron chi connectivity index (χ2n) is 3.75. The van der Waals surface area contributed by atoms with E-state index in [-0.39, 0.29) is 13.6 Å². The molecule has 2 aliphatic heterocycles. The smallest absolute Gasteiger partial charge is 0.518 e. The molecule has 2 saturated heterocycles. The summed E-state index contributed by atoms with van der Waals surface area (Å²) in [5.74, 6) is 0. The molecule has 0 amide bonds. The predicted molar refractivity (Wildman–Crippen MR) is 52.7 cm³/mol. The number of rotatable bonds is 0. The largest absolute Gasteiger partial charge is 1.00 e. The van der Waals surface area contributed by atoms with E-state index in [4.69, 9.17) is 18.6 Å². The minimum Gasteiger partial charge on any atom is -0.518 e. The van der Waals surface area contributed by atoms with Crippen molar-refractivity contribution >= 4 is 6.96 Å². The van der Waals surface area contributed by atoms with Crippen LogP contribution in [0.5, 0.6) is 0 Å². The number of hydrogen-bond donors (Lipinski definition) is 1. The number of nitrogens with one attached hydrogen (secondary N) is 1. The zero-order chi connectivity index (χ0) is 10.0. The molecule has 1 spiro atoms. The fraction of sp³-hybridized carbons (Fsp3) is 1.00. The van der Waals surface area contributed by atoms with Crippen LogP contribution in [0.1, 0.15) is 15.3 Å². The lowest BCUT2D eigenvalue weighted by Crippen LogP contribution is -2.49. The maximum absolute atomic E-state index is 5.61. The second-order valence-corrected chi connectivity index (χ2v) is 3.75. The van der Waals surface area contributed by atoms with Gasteiger partial charge in [0.2, 0.25) is 0 Å². The fourth-order valence-electron chi connectivity index (χ4n) is 1.66. The minimum atomic E-state index is -1.93. The Balaban J connectivity index is 0.00000112. The molecule has 5 nitrogen and oxygen atoms in total. The molecule has 0 aliphatic carbocycles. The third kappa shape index (κ3) is 2.09. The Morgan fingerprint density at radius 1 is 1.07 bits per heavy atom. The van der Waals surface area contributed by atoms with Crippen LogP contribution >= 0.6 is 0 Å². The highest BCUT2D eigenvalue weighted by atomic mass is 16.9. The van der Waals surface area contributed by atoms with Crippen LogP contribution in [0.3, 0.4) is 0 Å². The Kier molecular flexibility index (Phi) is 3.09. The molecule has 0 aromatic heterocycles. The van der Waals surface area contributed by atoms with Gasteiger partial charge in [0.05, 0.1) is 0 Å². The van der Waals surface area contributed by atoms with Gasteiger partial charge in [0.15, 0.2) is 0 Å². The average Bonchev–Trinajstić information content (AvgIpc) is 2.38. The van der Waals surface area contributed by atoms with Gasteiger partial charge in [-0.2, -0.15) is 0 Å². The summed E-state index contributed by atoms with van der Waals surface area (Å²) in [5, 5.41) is 3.16. The van der Waals surface area contributed by atoms with Crippen LogP contribution in [0.25, 0.3) is 0 Å². The predicted octanol–water partition coefficient (Wildman–Crippen LogP) is -0.00530. The molecule has 2 unspecified atom stereocenters. The fourth-order valence-corrected chi connectivity index (χ4v) is 1.66. The van der Waals surface area contributed by atoms with Crippen molar-refractivity contribution in [3.63, 3.8) is 0 Å². The van der Waals surface area contributed by atoms with Crippen molar-refractivity contribution < 1.29 is 20.0 Å². The van der Waals surface area contributed by atoms with E-state index < -0.39 is 6.96 Å². The van der Waals surface area contributed by atoms with E-state index in [9.17, 15) is 0 Å². The van der Waals surface area contributed by atoms with Crippen LogP contribution in [-0.4, -0.2) is 45.5 Å². The van der Waals surface area contributed by atoms with E-state index in [2.05, 4.69) is 5.32 Å². The molecular formula is C8H18BNO4. The molecule has 2 atom stereocenters. The molecular weight excluding hydrogens is 185 g/mol. The van der Waals surface area contributed by atoms with E-state index in [1.807, 2.05) is 13.8 Å². The maximum atomic E-state index is 5.61. The highest BCUT2D eigenvalue weighted by Crippen LogP contribution is 2.26. The summed E-state index contributed by atoms with van der Waals surface area (Å²) < 4.78 is 22.2. The Morgan fingerprint density at radius 3 is 2.07 bits per heavy atom. The molecule has 0 bridgehead atoms. The zero-order valence-corrected chi connectivity index (χ0v) is 8.69. The van der Waals surface area contributed by atoms with Gasteiger partial charge in [-0.05, 0) is 13.8 Å². The van der Waals surface area contributed by atoms with E-state index >= 15 is 0 Å². The monoisotopic (exact) mass is 203 g/mol. The van der Waals surface area contributed by atoms with Gasteiger partial charge < -0.3 is 23.9 Å². The first-order valence-corrected chi connectivity index (χ1v) is 5.19. The molecule has 1 N–H and O–H groups in total. The summed E-state index contributed by atoms with van der Waals surface area (Å²) in [5.41, 5.74) is 0. The molecule has 6 heteroatoms. The van der Waals surface area contributed by atoms with Gasteiger partial charge >= 0.3 is 8.38 Å². The number of hydrogen-bond acceptors (Lipinski definition) is 5. The molecule has 2 rings (SSSR count). The lowest BCUT2D eigenvalue weighted by Gasteiger charge is -2.37. The Labute approximate surface area is 85.6 Å². The molecule has 0 aromatic carbocycles. The van der Waals surface area contributed by atoms with Crippen molar-refractivity contribution in [3.05, 3.63) is 0 Å². The van der Waals surface area contributed by atoms with Crippen LogP contribution in [0, 0.1) is 0 Å². The maximum Gasteiger partial charge on any atom is 1.00 e. The molecule has 14 heavy (non-hydrogen) atoms. The topological polar surface area (TPSA) is 49.0 Å². The molecule has 2 fully saturated rings. The van der Waals surface area contributed by atoms with Gasteiger partial charge in [-0.1, -0.05) is 0 Å². The highest BCUT2D eigenvalue weighted by molar-refractivity contribution is 6.54. The van der Waals surface area contributed by atoms with Crippen LogP contribution < -0.4 is 5.32 Å². The molecule has 82 valence electrons. The quantitative estimate of drug-likeness (QED) is 0.561. The Morgan fingerprint density at radius 2 is 1.57 bits per heavy atom. The first kappa shape index (κ1) is 10.4. The van der Waals surface area contributed by atoms with E-state index in [1.54, 1.807) is 0 Å². The van der Waals surface area contributed by atoms with Gasteiger partial charge in [-0.25, -0.2) is 0 Å². The summed E-state index contributed by atoms with van der Waals surface area (Å²) in [6, 6.07) is 0. The van der Waals surface area contributed by atoms with Gasteiger partial charge in [0, 0.05) is 38.5 Å². The molecule has 0 saturated carbocycles. The Bertz CT molecular complexity index is 189. The van der Waals surface area contributed by atoms with Gasteiger partial charge in [0.1, 0.15) is 0 Å². The SMILES string of the molecule is CC1O[B-]2(OCCNCCO2)OC1C.[H+]. The molecule has 0 aromatic rings. The lowest BCUT2D eigenvalue weighted by molar-refractivity contribution is 0.00539. The van der Waals surface area contributed by atoms with Crippen molar-refractivity contribution in [2.75, 3.05) is 26.3 Å². The molecule has 0 radical (unpaired) electrons. The molecule has 2 heterocycles. The van der Waals surface area contributed by atoms with Crippen molar-refractivity contribution in [1.29, 1.82) is 0 Å². The third-order valence-electron chi connectivity index (χ3n) is 2.63. The second kappa shape index (κ2) is 4.16. The van der Waals surface area contributed by atoms with Gasteiger partial charge in [0.25, 0.3) is 0 Å². The van der Waals surface area contributed by atoms with Crippen LogP contribution in [-0.2, 0) is 18.6 Å². The van der Waals surface area contributed by atoms with E-state index in [0.717, 1.165) is 13.1 Å². The van der Waals surface area contributed by atoms with Crippen molar-refractivity contribution in [2.45, 2.75) is 26.1 Å². The zero-order valence-electron chi connectivity index (χ0n) is 9.69. The van der Waals surface area contributed by atoms with Gasteiger partial charge in [-0.3, -0.25) is 0 Å². The standard InChI is InChI=1S/C8H17BNO4/c1-7-8(2)14-9(13-7)11-5-3-10-4-6-12-9/h7-8,10H,3-6H2,1-2H3/q-1/p+1. The third-order valence-corrected chi connectivity index (χ3v) is 2.63.